The molecule has 1 aromatic carbocycles. The topological polar surface area (TPSA) is 39.7 Å². The summed E-state index contributed by atoms with van der Waals surface area (Å²) >= 11 is 0. The lowest BCUT2D eigenvalue weighted by Gasteiger charge is -2.37. The Labute approximate surface area is 140 Å². The lowest BCUT2D eigenvalue weighted by atomic mass is 9.89. The van der Waals surface area contributed by atoms with Gasteiger partial charge in [-0.15, -0.1) is 0 Å². The van der Waals surface area contributed by atoms with Crippen LogP contribution in [0.2, 0.25) is 0 Å². The minimum absolute atomic E-state index is 0.124. The van der Waals surface area contributed by atoms with Gasteiger partial charge in [0, 0.05) is 31.5 Å². The van der Waals surface area contributed by atoms with Gasteiger partial charge in [0.15, 0.2) is 17.4 Å². The SMILES string of the molecule is Fc1ccc(C2OCCC2NC2CCC3(CC2)OCCO3)cc1F. The van der Waals surface area contributed by atoms with Gasteiger partial charge in [-0.25, -0.2) is 8.78 Å². The van der Waals surface area contributed by atoms with Crippen LogP contribution in [0.1, 0.15) is 43.8 Å². The summed E-state index contributed by atoms with van der Waals surface area (Å²) in [7, 11) is 0. The van der Waals surface area contributed by atoms with E-state index < -0.39 is 11.6 Å². The number of benzene rings is 1. The van der Waals surface area contributed by atoms with E-state index in [4.69, 9.17) is 14.2 Å². The molecule has 1 aliphatic carbocycles. The van der Waals surface area contributed by atoms with E-state index in [-0.39, 0.29) is 17.9 Å². The molecule has 0 amide bonds. The van der Waals surface area contributed by atoms with Crippen molar-refractivity contribution < 1.29 is 23.0 Å². The number of hydrogen-bond acceptors (Lipinski definition) is 4. The van der Waals surface area contributed by atoms with Crippen molar-refractivity contribution in [2.45, 2.75) is 56.1 Å². The van der Waals surface area contributed by atoms with Gasteiger partial charge in [-0.05, 0) is 37.0 Å². The summed E-state index contributed by atoms with van der Waals surface area (Å²) in [5, 5.41) is 3.65. The second-order valence-electron chi connectivity index (χ2n) is 6.91. The molecule has 2 unspecified atom stereocenters. The number of hydrogen-bond donors (Lipinski definition) is 1. The normalized spacial score (nSPS) is 30.2. The first-order valence-electron chi connectivity index (χ1n) is 8.76. The maximum atomic E-state index is 13.5. The van der Waals surface area contributed by atoms with Crippen LogP contribution in [-0.2, 0) is 14.2 Å². The highest BCUT2D eigenvalue weighted by molar-refractivity contribution is 5.22. The predicted molar refractivity (Wildman–Crippen MR) is 83.5 cm³/mol. The van der Waals surface area contributed by atoms with Crippen molar-refractivity contribution >= 4 is 0 Å². The third-order valence-corrected chi connectivity index (χ3v) is 5.37. The zero-order valence-corrected chi connectivity index (χ0v) is 13.6. The van der Waals surface area contributed by atoms with Gasteiger partial charge in [0.1, 0.15) is 0 Å². The Balaban J connectivity index is 1.38. The quantitative estimate of drug-likeness (QED) is 0.919. The first-order chi connectivity index (χ1) is 11.7. The maximum absolute atomic E-state index is 13.5. The van der Waals surface area contributed by atoms with Crippen LogP contribution < -0.4 is 5.32 Å². The third kappa shape index (κ3) is 3.20. The Morgan fingerprint density at radius 3 is 2.42 bits per heavy atom. The highest BCUT2D eigenvalue weighted by Crippen LogP contribution is 2.37. The van der Waals surface area contributed by atoms with Crippen LogP contribution in [0.25, 0.3) is 0 Å². The van der Waals surface area contributed by atoms with E-state index >= 15 is 0 Å². The van der Waals surface area contributed by atoms with Crippen LogP contribution in [0.15, 0.2) is 18.2 Å². The minimum Gasteiger partial charge on any atom is -0.372 e. The average Bonchev–Trinajstić information content (AvgIpc) is 3.22. The van der Waals surface area contributed by atoms with Crippen LogP contribution in [0.5, 0.6) is 0 Å². The summed E-state index contributed by atoms with van der Waals surface area (Å²) < 4.78 is 44.0. The molecule has 132 valence electrons. The molecule has 3 aliphatic rings. The number of nitrogens with one attached hydrogen (secondary N) is 1. The van der Waals surface area contributed by atoms with Crippen molar-refractivity contribution in [3.05, 3.63) is 35.4 Å². The molecule has 6 heteroatoms. The van der Waals surface area contributed by atoms with Gasteiger partial charge in [0.2, 0.25) is 0 Å². The van der Waals surface area contributed by atoms with Gasteiger partial charge in [-0.2, -0.15) is 0 Å². The Morgan fingerprint density at radius 1 is 0.958 bits per heavy atom. The molecule has 1 N–H and O–H groups in total. The summed E-state index contributed by atoms with van der Waals surface area (Å²) in [6.45, 7) is 2.00. The summed E-state index contributed by atoms with van der Waals surface area (Å²) in [4.78, 5) is 0. The van der Waals surface area contributed by atoms with E-state index in [0.717, 1.165) is 32.1 Å². The van der Waals surface area contributed by atoms with E-state index in [1.807, 2.05) is 0 Å². The summed E-state index contributed by atoms with van der Waals surface area (Å²) in [5.74, 6) is -2.00. The Kier molecular flexibility index (Phi) is 4.56. The van der Waals surface area contributed by atoms with Crippen LogP contribution in [0, 0.1) is 11.6 Å². The highest BCUT2D eigenvalue weighted by Gasteiger charge is 2.41. The maximum Gasteiger partial charge on any atom is 0.168 e. The molecule has 1 spiro atoms. The average molecular weight is 339 g/mol. The molecule has 24 heavy (non-hydrogen) atoms. The zero-order chi connectivity index (χ0) is 16.6. The van der Waals surface area contributed by atoms with Crippen molar-refractivity contribution in [1.82, 2.24) is 5.32 Å². The monoisotopic (exact) mass is 339 g/mol. The molecule has 4 rings (SSSR count). The van der Waals surface area contributed by atoms with Crippen molar-refractivity contribution in [3.8, 4) is 0 Å². The number of rotatable bonds is 3. The fraction of sp³-hybridized carbons (Fsp3) is 0.667. The van der Waals surface area contributed by atoms with Crippen LogP contribution in [0.3, 0.4) is 0 Å². The van der Waals surface area contributed by atoms with E-state index in [1.54, 1.807) is 6.07 Å². The van der Waals surface area contributed by atoms with E-state index in [1.165, 1.54) is 12.1 Å². The largest absolute Gasteiger partial charge is 0.372 e. The smallest absolute Gasteiger partial charge is 0.168 e. The van der Waals surface area contributed by atoms with Gasteiger partial charge in [-0.3, -0.25) is 0 Å². The molecule has 4 nitrogen and oxygen atoms in total. The lowest BCUT2D eigenvalue weighted by molar-refractivity contribution is -0.179. The minimum atomic E-state index is -0.824. The number of ether oxygens (including phenoxy) is 3. The first kappa shape index (κ1) is 16.4. The summed E-state index contributed by atoms with van der Waals surface area (Å²) in [6, 6.07) is 4.53. The number of halogens is 2. The van der Waals surface area contributed by atoms with Gasteiger partial charge < -0.3 is 19.5 Å². The highest BCUT2D eigenvalue weighted by atomic mass is 19.2. The second kappa shape index (κ2) is 6.67. The lowest BCUT2D eigenvalue weighted by Crippen LogP contribution is -2.46. The van der Waals surface area contributed by atoms with Crippen molar-refractivity contribution in [2.75, 3.05) is 19.8 Å². The van der Waals surface area contributed by atoms with Gasteiger partial charge in [0.25, 0.3) is 0 Å². The first-order valence-corrected chi connectivity index (χ1v) is 8.76. The molecule has 2 saturated heterocycles. The molecule has 3 fully saturated rings. The molecule has 1 saturated carbocycles. The zero-order valence-electron chi connectivity index (χ0n) is 13.6. The Hall–Kier alpha value is -1.08. The summed E-state index contributed by atoms with van der Waals surface area (Å²) in [6.07, 6.45) is 4.41. The predicted octanol–water partition coefficient (Wildman–Crippen LogP) is 3.07. The van der Waals surface area contributed by atoms with Crippen molar-refractivity contribution in [1.29, 1.82) is 0 Å². The second-order valence-corrected chi connectivity index (χ2v) is 6.91. The molecule has 0 bridgehead atoms. The van der Waals surface area contributed by atoms with Crippen molar-refractivity contribution in [2.24, 2.45) is 0 Å². The summed E-state index contributed by atoms with van der Waals surface area (Å²) in [5.41, 5.74) is 0.693. The fourth-order valence-corrected chi connectivity index (χ4v) is 4.09. The molecule has 2 atom stereocenters. The molecular weight excluding hydrogens is 316 g/mol. The molecule has 1 aromatic rings. The molecule has 2 heterocycles. The van der Waals surface area contributed by atoms with E-state index in [2.05, 4.69) is 5.32 Å². The van der Waals surface area contributed by atoms with Gasteiger partial charge in [-0.1, -0.05) is 6.07 Å². The van der Waals surface area contributed by atoms with Crippen LogP contribution in [-0.4, -0.2) is 37.7 Å². The molecule has 2 aliphatic heterocycles. The molecule has 0 radical (unpaired) electrons. The van der Waals surface area contributed by atoms with Gasteiger partial charge >= 0.3 is 0 Å². The van der Waals surface area contributed by atoms with Gasteiger partial charge in [0.05, 0.1) is 19.3 Å². The Morgan fingerprint density at radius 2 is 1.71 bits per heavy atom. The Bertz CT molecular complexity index is 582. The van der Waals surface area contributed by atoms with Crippen LogP contribution >= 0.6 is 0 Å². The molecular formula is C18H23F2NO3. The fourth-order valence-electron chi connectivity index (χ4n) is 4.09. The van der Waals surface area contributed by atoms with Crippen LogP contribution in [0.4, 0.5) is 8.78 Å². The third-order valence-electron chi connectivity index (χ3n) is 5.37. The molecule has 0 aromatic heterocycles. The standard InChI is InChI=1S/C18H23F2NO3/c19-14-2-1-12(11-15(14)20)17-16(5-8-22-17)21-13-3-6-18(7-4-13)23-9-10-24-18/h1-2,11,13,16-17,21H,3-10H2. The van der Waals surface area contributed by atoms with Crippen molar-refractivity contribution in [3.63, 3.8) is 0 Å². The van der Waals surface area contributed by atoms with E-state index in [0.29, 0.717) is 31.4 Å². The van der Waals surface area contributed by atoms with E-state index in [9.17, 15) is 8.78 Å².